The van der Waals surface area contributed by atoms with Gasteiger partial charge in [0, 0.05) is 12.5 Å². The number of hydrogen-bond acceptors (Lipinski definition) is 4. The molecule has 1 heterocycles. The van der Waals surface area contributed by atoms with Gasteiger partial charge in [0.25, 0.3) is 0 Å². The van der Waals surface area contributed by atoms with Crippen molar-refractivity contribution in [1.82, 2.24) is 5.16 Å². The minimum Gasteiger partial charge on any atom is -0.461 e. The molecule has 7 heteroatoms. The van der Waals surface area contributed by atoms with Crippen molar-refractivity contribution in [2.24, 2.45) is 0 Å². The molecule has 106 valence electrons. The van der Waals surface area contributed by atoms with Gasteiger partial charge >= 0.3 is 5.97 Å². The first-order valence-electron chi connectivity index (χ1n) is 5.78. The number of carbonyl (C=O) groups excluding carboxylic acids is 1. The van der Waals surface area contributed by atoms with E-state index >= 15 is 0 Å². The third-order valence-electron chi connectivity index (χ3n) is 2.52. The predicted molar refractivity (Wildman–Crippen MR) is 61.6 cm³/mol. The fraction of sp³-hybridized carbons (Fsp3) is 0.231. The molecule has 0 bridgehead atoms. The number of aromatic nitrogens is 1. The number of ether oxygens (including phenoxy) is 1. The summed E-state index contributed by atoms with van der Waals surface area (Å²) >= 11 is 0. The second-order valence-electron chi connectivity index (χ2n) is 3.91. The fourth-order valence-electron chi connectivity index (χ4n) is 1.59. The number of nitrogens with zero attached hydrogens (tertiary/aromatic N) is 1. The molecule has 4 nitrogen and oxygen atoms in total. The molecule has 0 amide bonds. The van der Waals surface area contributed by atoms with Gasteiger partial charge in [-0.1, -0.05) is 11.2 Å². The van der Waals surface area contributed by atoms with E-state index in [0.717, 1.165) is 12.1 Å². The Hall–Kier alpha value is -2.31. The van der Waals surface area contributed by atoms with Crippen molar-refractivity contribution in [3.8, 4) is 0 Å². The molecule has 0 saturated heterocycles. The van der Waals surface area contributed by atoms with Crippen molar-refractivity contribution in [2.75, 3.05) is 6.61 Å². The second-order valence-corrected chi connectivity index (χ2v) is 3.91. The van der Waals surface area contributed by atoms with Gasteiger partial charge in [-0.05, 0) is 18.6 Å². The number of esters is 1. The van der Waals surface area contributed by atoms with Gasteiger partial charge in [-0.2, -0.15) is 0 Å². The monoisotopic (exact) mass is 285 g/mol. The standard InChI is InChI=1S/C13H10F3NO3/c1-2-19-13(18)10-6-8(20-17-10)5-7-3-4-9(14)12(16)11(7)15/h3-4,6H,2,5H2,1H3. The van der Waals surface area contributed by atoms with Crippen LogP contribution in [-0.4, -0.2) is 17.7 Å². The maximum Gasteiger partial charge on any atom is 0.360 e. The molecule has 0 aliphatic rings. The fourth-order valence-corrected chi connectivity index (χ4v) is 1.59. The molecule has 2 aromatic rings. The third kappa shape index (κ3) is 2.81. The van der Waals surface area contributed by atoms with Crippen LogP contribution in [0, 0.1) is 17.5 Å². The van der Waals surface area contributed by atoms with Gasteiger partial charge in [0.05, 0.1) is 6.61 Å². The van der Waals surface area contributed by atoms with Crippen LogP contribution < -0.4 is 0 Å². The van der Waals surface area contributed by atoms with Crippen molar-refractivity contribution in [1.29, 1.82) is 0 Å². The van der Waals surface area contributed by atoms with Crippen molar-refractivity contribution in [2.45, 2.75) is 13.3 Å². The average molecular weight is 285 g/mol. The van der Waals surface area contributed by atoms with E-state index in [1.54, 1.807) is 6.92 Å². The van der Waals surface area contributed by atoms with Gasteiger partial charge in [0.2, 0.25) is 0 Å². The van der Waals surface area contributed by atoms with Crippen molar-refractivity contribution in [3.63, 3.8) is 0 Å². The molecule has 0 unspecified atom stereocenters. The van der Waals surface area contributed by atoms with Crippen LogP contribution in [0.1, 0.15) is 28.7 Å². The average Bonchev–Trinajstić information content (AvgIpc) is 2.88. The zero-order valence-electron chi connectivity index (χ0n) is 10.5. The number of carbonyl (C=O) groups is 1. The molecular weight excluding hydrogens is 275 g/mol. The second kappa shape index (κ2) is 5.77. The Balaban J connectivity index is 2.19. The lowest BCUT2D eigenvalue weighted by molar-refractivity contribution is 0.0514. The summed E-state index contributed by atoms with van der Waals surface area (Å²) < 4.78 is 48.8. The molecule has 0 aliphatic carbocycles. The highest BCUT2D eigenvalue weighted by atomic mass is 19.2. The van der Waals surface area contributed by atoms with Crippen LogP contribution in [0.25, 0.3) is 0 Å². The maximum atomic E-state index is 13.5. The Morgan fingerprint density at radius 1 is 1.30 bits per heavy atom. The zero-order chi connectivity index (χ0) is 14.7. The van der Waals surface area contributed by atoms with Crippen LogP contribution in [0.15, 0.2) is 22.7 Å². The van der Waals surface area contributed by atoms with Gasteiger partial charge in [-0.3, -0.25) is 0 Å². The van der Waals surface area contributed by atoms with E-state index in [-0.39, 0.29) is 30.0 Å². The predicted octanol–water partition coefficient (Wildman–Crippen LogP) is 2.86. The summed E-state index contributed by atoms with van der Waals surface area (Å²) in [5, 5.41) is 3.46. The Bertz CT molecular complexity index is 640. The molecule has 1 aromatic heterocycles. The third-order valence-corrected chi connectivity index (χ3v) is 2.52. The molecule has 0 atom stereocenters. The Morgan fingerprint density at radius 3 is 2.75 bits per heavy atom. The molecule has 0 N–H and O–H groups in total. The highest BCUT2D eigenvalue weighted by molar-refractivity contribution is 5.87. The highest BCUT2D eigenvalue weighted by Gasteiger charge is 2.17. The number of benzene rings is 1. The van der Waals surface area contributed by atoms with Crippen LogP contribution in [0.2, 0.25) is 0 Å². The summed E-state index contributed by atoms with van der Waals surface area (Å²) in [6, 6.07) is 3.18. The van der Waals surface area contributed by atoms with Gasteiger partial charge < -0.3 is 9.26 Å². The molecular formula is C13H10F3NO3. The first kappa shape index (κ1) is 14.1. The van der Waals surface area contributed by atoms with E-state index in [4.69, 9.17) is 9.26 Å². The summed E-state index contributed by atoms with van der Waals surface area (Å²) in [5.41, 5.74) is -0.166. The van der Waals surface area contributed by atoms with Crippen molar-refractivity contribution >= 4 is 5.97 Å². The van der Waals surface area contributed by atoms with Gasteiger partial charge in [-0.15, -0.1) is 0 Å². The lowest BCUT2D eigenvalue weighted by Crippen LogP contribution is -2.04. The minimum absolute atomic E-state index is 0.0650. The van der Waals surface area contributed by atoms with E-state index in [1.807, 2.05) is 0 Å². The summed E-state index contributed by atoms with van der Waals surface area (Å²) in [5.74, 6) is -4.64. The number of halogens is 3. The smallest absolute Gasteiger partial charge is 0.360 e. The van der Waals surface area contributed by atoms with E-state index in [2.05, 4.69) is 5.16 Å². The lowest BCUT2D eigenvalue weighted by Gasteiger charge is -2.01. The largest absolute Gasteiger partial charge is 0.461 e. The number of hydrogen-bond donors (Lipinski definition) is 0. The van der Waals surface area contributed by atoms with E-state index in [0.29, 0.717) is 0 Å². The van der Waals surface area contributed by atoms with Crippen LogP contribution in [0.4, 0.5) is 13.2 Å². The highest BCUT2D eigenvalue weighted by Crippen LogP contribution is 2.19. The van der Waals surface area contributed by atoms with Crippen LogP contribution in [-0.2, 0) is 11.2 Å². The van der Waals surface area contributed by atoms with Gasteiger partial charge in [-0.25, -0.2) is 18.0 Å². The topological polar surface area (TPSA) is 52.3 Å². The summed E-state index contributed by atoms with van der Waals surface area (Å²) in [7, 11) is 0. The summed E-state index contributed by atoms with van der Waals surface area (Å²) in [4.78, 5) is 11.3. The summed E-state index contributed by atoms with van der Waals surface area (Å²) in [6.45, 7) is 1.81. The Morgan fingerprint density at radius 2 is 2.05 bits per heavy atom. The van der Waals surface area contributed by atoms with E-state index < -0.39 is 23.4 Å². The van der Waals surface area contributed by atoms with E-state index in [9.17, 15) is 18.0 Å². The Kier molecular flexibility index (Phi) is 4.07. The lowest BCUT2D eigenvalue weighted by atomic mass is 10.1. The molecule has 0 aliphatic heterocycles. The zero-order valence-corrected chi connectivity index (χ0v) is 10.5. The molecule has 0 fully saturated rings. The van der Waals surface area contributed by atoms with Crippen LogP contribution >= 0.6 is 0 Å². The van der Waals surface area contributed by atoms with Gasteiger partial charge in [0.15, 0.2) is 23.1 Å². The SMILES string of the molecule is CCOC(=O)c1cc(Cc2ccc(F)c(F)c2F)on1. The van der Waals surface area contributed by atoms with Crippen molar-refractivity contribution in [3.05, 3.63) is 52.7 Å². The normalized spacial score (nSPS) is 10.6. The minimum atomic E-state index is -1.55. The van der Waals surface area contributed by atoms with Crippen LogP contribution in [0.3, 0.4) is 0 Å². The molecule has 2 rings (SSSR count). The first-order valence-corrected chi connectivity index (χ1v) is 5.78. The number of rotatable bonds is 4. The van der Waals surface area contributed by atoms with Crippen LogP contribution in [0.5, 0.6) is 0 Å². The molecule has 20 heavy (non-hydrogen) atoms. The van der Waals surface area contributed by atoms with Gasteiger partial charge in [0.1, 0.15) is 5.76 Å². The quantitative estimate of drug-likeness (QED) is 0.640. The molecule has 0 spiro atoms. The molecule has 0 radical (unpaired) electrons. The maximum absolute atomic E-state index is 13.5. The van der Waals surface area contributed by atoms with E-state index in [1.165, 1.54) is 6.07 Å². The summed E-state index contributed by atoms with van der Waals surface area (Å²) in [6.07, 6.45) is -0.157. The molecule has 0 saturated carbocycles. The first-order chi connectivity index (χ1) is 9.52. The van der Waals surface area contributed by atoms with Crippen molar-refractivity contribution < 1.29 is 27.2 Å². The Labute approximate surface area is 112 Å². The molecule has 1 aromatic carbocycles.